The van der Waals surface area contributed by atoms with Gasteiger partial charge in [-0.3, -0.25) is 9.97 Å². The Morgan fingerprint density at radius 2 is 1.13 bits per heavy atom. The van der Waals surface area contributed by atoms with Crippen LogP contribution in [0.4, 0.5) is 0 Å². The van der Waals surface area contributed by atoms with Crippen molar-refractivity contribution in [3.05, 3.63) is 86.2 Å². The van der Waals surface area contributed by atoms with Crippen molar-refractivity contribution in [2.24, 2.45) is 0 Å². The quantitative estimate of drug-likeness (QED) is 0.320. The van der Waals surface area contributed by atoms with Crippen LogP contribution in [0.1, 0.15) is 67.4 Å². The molecule has 210 valence electrons. The molecule has 0 saturated carbocycles. The lowest BCUT2D eigenvalue weighted by Crippen LogP contribution is -2.27. The van der Waals surface area contributed by atoms with Crippen LogP contribution in [0.2, 0.25) is 0 Å². The summed E-state index contributed by atoms with van der Waals surface area (Å²) in [6, 6.07) is 12.7. The molecule has 0 aliphatic carbocycles. The molecule has 0 fully saturated rings. The van der Waals surface area contributed by atoms with Crippen LogP contribution in [0.3, 0.4) is 0 Å². The van der Waals surface area contributed by atoms with Gasteiger partial charge in [0.2, 0.25) is 0 Å². The van der Waals surface area contributed by atoms with Crippen LogP contribution in [0, 0.1) is 13.8 Å². The molecule has 1 N–H and O–H groups in total. The van der Waals surface area contributed by atoms with Crippen molar-refractivity contribution >= 4 is 15.9 Å². The number of fused-ring (bicyclic) bond motifs is 3. The highest BCUT2D eigenvalue weighted by molar-refractivity contribution is 9.10. The molecule has 0 bridgehead atoms. The van der Waals surface area contributed by atoms with Gasteiger partial charge in [-0.05, 0) is 78.8 Å². The fourth-order valence-electron chi connectivity index (χ4n) is 4.64. The van der Waals surface area contributed by atoms with Crippen molar-refractivity contribution in [3.8, 4) is 0 Å². The molecule has 38 heavy (non-hydrogen) atoms. The summed E-state index contributed by atoms with van der Waals surface area (Å²) < 4.78 is 0.950. The maximum absolute atomic E-state index is 4.52. The lowest BCUT2D eigenvalue weighted by molar-refractivity contribution is 0.309. The van der Waals surface area contributed by atoms with Gasteiger partial charge in [0.25, 0.3) is 0 Å². The summed E-state index contributed by atoms with van der Waals surface area (Å²) in [4.78, 5) is 18.1. The first-order chi connectivity index (χ1) is 16.9. The Morgan fingerprint density at radius 3 is 1.71 bits per heavy atom. The highest BCUT2D eigenvalue weighted by Gasteiger charge is 2.14. The van der Waals surface area contributed by atoms with Gasteiger partial charge in [0.05, 0.1) is 0 Å². The van der Waals surface area contributed by atoms with E-state index in [1.165, 1.54) is 33.8 Å². The molecule has 6 heterocycles. The Bertz CT molecular complexity index is 1090. The number of hydrogen-bond donors (Lipinski definition) is 1. The third kappa shape index (κ3) is 9.53. The second kappa shape index (κ2) is 16.0. The maximum atomic E-state index is 4.52. The van der Waals surface area contributed by atoms with E-state index in [1.54, 1.807) is 0 Å². The van der Waals surface area contributed by atoms with Crippen LogP contribution in [-0.2, 0) is 38.9 Å². The summed E-state index contributed by atoms with van der Waals surface area (Å²) in [6.07, 6.45) is 3.26. The number of aromatic nitrogens is 3. The van der Waals surface area contributed by atoms with Crippen molar-refractivity contribution in [2.75, 3.05) is 33.7 Å². The Morgan fingerprint density at radius 1 is 0.658 bits per heavy atom. The predicted octanol–water partition coefficient (Wildman–Crippen LogP) is 6.15. The minimum Gasteiger partial charge on any atom is -0.312 e. The van der Waals surface area contributed by atoms with Gasteiger partial charge >= 0.3 is 0 Å². The second-order valence-electron chi connectivity index (χ2n) is 9.76. The standard InChI is InChI=1S/C10H14N2.C9H11BrN2.C9H12N2.3CH4/c1-8-3-4-9-7-12(2)6-5-10(9)11-8;1-12-5-4-8-7(6-12)2-3-9(10)11-8;1-7-2-3-8-6-10-5-4-9(8)11-7;;;/h3-4H,5-7H2,1-2H3;2-3H,4-6H2,1H3;2-3,10H,4-6H2,1H3;3*1H4. The summed E-state index contributed by atoms with van der Waals surface area (Å²) in [6.45, 7) is 10.5. The molecule has 3 aromatic rings. The number of nitrogens with one attached hydrogen (secondary N) is 1. The summed E-state index contributed by atoms with van der Waals surface area (Å²) in [5, 5.41) is 3.32. The Balaban J connectivity index is 0.000000274. The summed E-state index contributed by atoms with van der Waals surface area (Å²) in [7, 11) is 4.30. The minimum atomic E-state index is 0. The lowest BCUT2D eigenvalue weighted by atomic mass is 10.1. The monoisotopic (exact) mass is 584 g/mol. The fourth-order valence-corrected chi connectivity index (χ4v) is 4.99. The van der Waals surface area contributed by atoms with E-state index in [2.05, 4.69) is 97.3 Å². The van der Waals surface area contributed by atoms with Gasteiger partial charge in [0.1, 0.15) is 4.60 Å². The largest absolute Gasteiger partial charge is 0.312 e. The summed E-state index contributed by atoms with van der Waals surface area (Å²) in [5.74, 6) is 0. The van der Waals surface area contributed by atoms with E-state index in [9.17, 15) is 0 Å². The summed E-state index contributed by atoms with van der Waals surface area (Å²) >= 11 is 3.38. The van der Waals surface area contributed by atoms with E-state index >= 15 is 0 Å². The number of likely N-dealkylation sites (N-methyl/N-ethyl adjacent to an activating group) is 2. The third-order valence-corrected chi connectivity index (χ3v) is 7.09. The van der Waals surface area contributed by atoms with Crippen LogP contribution in [-0.4, -0.2) is 58.5 Å². The molecule has 0 unspecified atom stereocenters. The Kier molecular flexibility index (Phi) is 14.3. The number of halogens is 1. The molecule has 6 nitrogen and oxygen atoms in total. The zero-order valence-electron chi connectivity index (χ0n) is 21.4. The molecule has 0 atom stereocenters. The molecular weight excluding hydrogens is 536 g/mol. The van der Waals surface area contributed by atoms with Crippen molar-refractivity contribution in [1.82, 2.24) is 30.1 Å². The normalized spacial score (nSPS) is 15.7. The number of aryl methyl sites for hydroxylation is 2. The highest BCUT2D eigenvalue weighted by atomic mass is 79.9. The van der Waals surface area contributed by atoms with Gasteiger partial charge in [-0.2, -0.15) is 0 Å². The molecule has 0 spiro atoms. The molecule has 0 aromatic carbocycles. The van der Waals surface area contributed by atoms with E-state index in [0.717, 1.165) is 74.5 Å². The molecule has 3 aliphatic heterocycles. The molecule has 3 aliphatic rings. The van der Waals surface area contributed by atoms with Crippen LogP contribution in [0.15, 0.2) is 41.0 Å². The first kappa shape index (κ1) is 33.8. The summed E-state index contributed by atoms with van der Waals surface area (Å²) in [5.41, 5.74) is 10.2. The molecular formula is C31H49BrN6. The van der Waals surface area contributed by atoms with Crippen molar-refractivity contribution in [2.45, 2.75) is 75.0 Å². The number of hydrogen-bond acceptors (Lipinski definition) is 6. The van der Waals surface area contributed by atoms with Crippen LogP contribution < -0.4 is 5.32 Å². The highest BCUT2D eigenvalue weighted by Crippen LogP contribution is 2.18. The van der Waals surface area contributed by atoms with E-state index in [4.69, 9.17) is 0 Å². The van der Waals surface area contributed by atoms with Crippen LogP contribution in [0.5, 0.6) is 0 Å². The molecule has 0 amide bonds. The van der Waals surface area contributed by atoms with Gasteiger partial charge < -0.3 is 15.1 Å². The van der Waals surface area contributed by atoms with E-state index in [0.29, 0.717) is 0 Å². The van der Waals surface area contributed by atoms with E-state index in [1.807, 2.05) is 13.0 Å². The fraction of sp³-hybridized carbons (Fsp3) is 0.516. The second-order valence-corrected chi connectivity index (χ2v) is 10.6. The van der Waals surface area contributed by atoms with E-state index in [-0.39, 0.29) is 22.3 Å². The molecule has 0 radical (unpaired) electrons. The average Bonchev–Trinajstić information content (AvgIpc) is 2.85. The molecule has 6 rings (SSSR count). The van der Waals surface area contributed by atoms with Crippen molar-refractivity contribution < 1.29 is 0 Å². The maximum Gasteiger partial charge on any atom is 0.106 e. The van der Waals surface area contributed by atoms with Gasteiger partial charge in [-0.15, -0.1) is 0 Å². The first-order valence-corrected chi connectivity index (χ1v) is 13.3. The molecule has 3 aromatic heterocycles. The van der Waals surface area contributed by atoms with Gasteiger partial charge in [0.15, 0.2) is 0 Å². The first-order valence-electron chi connectivity index (χ1n) is 12.5. The van der Waals surface area contributed by atoms with E-state index < -0.39 is 0 Å². The number of pyridine rings is 3. The van der Waals surface area contributed by atoms with Gasteiger partial charge in [-0.25, -0.2) is 4.98 Å². The predicted molar refractivity (Wildman–Crippen MR) is 166 cm³/mol. The van der Waals surface area contributed by atoms with Crippen LogP contribution in [0.25, 0.3) is 0 Å². The minimum absolute atomic E-state index is 0. The zero-order valence-corrected chi connectivity index (χ0v) is 23.0. The van der Waals surface area contributed by atoms with Crippen molar-refractivity contribution in [1.29, 1.82) is 0 Å². The van der Waals surface area contributed by atoms with Gasteiger partial charge in [0, 0.05) is 87.0 Å². The Labute approximate surface area is 240 Å². The smallest absolute Gasteiger partial charge is 0.106 e. The molecule has 0 saturated heterocycles. The van der Waals surface area contributed by atoms with Gasteiger partial charge in [-0.1, -0.05) is 40.5 Å². The topological polar surface area (TPSA) is 57.2 Å². The number of rotatable bonds is 0. The van der Waals surface area contributed by atoms with Crippen molar-refractivity contribution in [3.63, 3.8) is 0 Å². The molecule has 7 heteroatoms. The number of nitrogens with zero attached hydrogens (tertiary/aromatic N) is 5. The zero-order chi connectivity index (χ0) is 24.8. The SMILES string of the molecule is C.C.C.CN1CCc2nc(Br)ccc2C1.Cc1ccc2c(n1)CCN(C)C2.Cc1ccc2c(n1)CCNC2. The van der Waals surface area contributed by atoms with Crippen LogP contribution >= 0.6 is 15.9 Å². The third-order valence-electron chi connectivity index (χ3n) is 6.65. The Hall–Kier alpha value is -2.19. The average molecular weight is 586 g/mol. The lowest BCUT2D eigenvalue weighted by Gasteiger charge is -2.24.